The zero-order valence-corrected chi connectivity index (χ0v) is 13.2. The highest BCUT2D eigenvalue weighted by Gasteiger charge is 2.33. The largest absolute Gasteiger partial charge is 0.341 e. The molecule has 1 saturated carbocycles. The van der Waals surface area contributed by atoms with E-state index in [-0.39, 0.29) is 11.8 Å². The number of carbonyl (C=O) groups excluding carboxylic acids is 1. The second-order valence-electron chi connectivity index (χ2n) is 5.58. The highest BCUT2D eigenvalue weighted by Crippen LogP contribution is 2.32. The van der Waals surface area contributed by atoms with Gasteiger partial charge in [-0.1, -0.05) is 18.6 Å². The first-order valence-corrected chi connectivity index (χ1v) is 8.46. The molecule has 2 rings (SSSR count). The SMILES string of the molecule is CSc1ccc(CN(C)C(=O)C2CCCC2CN)cc1. The first kappa shape index (κ1) is 15.4. The van der Waals surface area contributed by atoms with Crippen LogP contribution in [-0.2, 0) is 11.3 Å². The fourth-order valence-electron chi connectivity index (χ4n) is 3.01. The molecule has 0 saturated heterocycles. The van der Waals surface area contributed by atoms with Gasteiger partial charge in [-0.25, -0.2) is 0 Å². The minimum Gasteiger partial charge on any atom is -0.341 e. The van der Waals surface area contributed by atoms with Gasteiger partial charge in [0.05, 0.1) is 0 Å². The van der Waals surface area contributed by atoms with Crippen LogP contribution in [-0.4, -0.2) is 30.7 Å². The summed E-state index contributed by atoms with van der Waals surface area (Å²) >= 11 is 1.73. The molecular formula is C16H24N2OS. The van der Waals surface area contributed by atoms with E-state index in [4.69, 9.17) is 5.73 Å². The van der Waals surface area contributed by atoms with Crippen molar-refractivity contribution in [2.45, 2.75) is 30.7 Å². The van der Waals surface area contributed by atoms with Gasteiger partial charge >= 0.3 is 0 Å². The number of benzene rings is 1. The van der Waals surface area contributed by atoms with Crippen molar-refractivity contribution in [3.63, 3.8) is 0 Å². The normalized spacial score (nSPS) is 21.9. The number of thioether (sulfide) groups is 1. The van der Waals surface area contributed by atoms with Crippen LogP contribution in [0.15, 0.2) is 29.2 Å². The predicted molar refractivity (Wildman–Crippen MR) is 84.6 cm³/mol. The maximum atomic E-state index is 12.5. The number of hydrogen-bond acceptors (Lipinski definition) is 3. The number of nitrogens with two attached hydrogens (primary N) is 1. The van der Waals surface area contributed by atoms with Gasteiger partial charge in [-0.05, 0) is 49.3 Å². The van der Waals surface area contributed by atoms with Crippen LogP contribution in [0.5, 0.6) is 0 Å². The highest BCUT2D eigenvalue weighted by molar-refractivity contribution is 7.98. The summed E-state index contributed by atoms with van der Waals surface area (Å²) < 4.78 is 0. The molecule has 0 aromatic heterocycles. The van der Waals surface area contributed by atoms with E-state index in [0.717, 1.165) is 19.3 Å². The number of carbonyl (C=O) groups is 1. The Hall–Kier alpha value is -1.00. The quantitative estimate of drug-likeness (QED) is 0.849. The predicted octanol–water partition coefficient (Wildman–Crippen LogP) is 2.74. The Morgan fingerprint density at radius 2 is 2.05 bits per heavy atom. The van der Waals surface area contributed by atoms with Crippen molar-refractivity contribution in [2.24, 2.45) is 17.6 Å². The molecule has 3 nitrogen and oxygen atoms in total. The van der Waals surface area contributed by atoms with Crippen LogP contribution >= 0.6 is 11.8 Å². The molecule has 2 atom stereocenters. The first-order chi connectivity index (χ1) is 9.65. The Morgan fingerprint density at radius 3 is 2.65 bits per heavy atom. The molecule has 1 aliphatic carbocycles. The lowest BCUT2D eigenvalue weighted by Crippen LogP contribution is -2.36. The van der Waals surface area contributed by atoms with Gasteiger partial charge in [-0.15, -0.1) is 11.8 Å². The molecule has 1 fully saturated rings. The third kappa shape index (κ3) is 3.55. The molecule has 0 heterocycles. The van der Waals surface area contributed by atoms with E-state index in [1.165, 1.54) is 10.5 Å². The molecule has 4 heteroatoms. The van der Waals surface area contributed by atoms with Crippen molar-refractivity contribution in [1.29, 1.82) is 0 Å². The summed E-state index contributed by atoms with van der Waals surface area (Å²) in [6, 6.07) is 8.42. The average Bonchev–Trinajstić information content (AvgIpc) is 2.95. The van der Waals surface area contributed by atoms with Crippen molar-refractivity contribution in [1.82, 2.24) is 4.90 Å². The van der Waals surface area contributed by atoms with Gasteiger partial charge in [0.1, 0.15) is 0 Å². The van der Waals surface area contributed by atoms with Crippen LogP contribution in [0.3, 0.4) is 0 Å². The summed E-state index contributed by atoms with van der Waals surface area (Å²) in [6.45, 7) is 1.31. The zero-order chi connectivity index (χ0) is 14.5. The Balaban J connectivity index is 1.96. The molecule has 1 aromatic rings. The third-order valence-corrected chi connectivity index (χ3v) is 4.98. The van der Waals surface area contributed by atoms with Gasteiger partial charge in [0.25, 0.3) is 0 Å². The molecular weight excluding hydrogens is 268 g/mol. The summed E-state index contributed by atoms with van der Waals surface area (Å²) in [4.78, 5) is 15.6. The molecule has 0 aliphatic heterocycles. The summed E-state index contributed by atoms with van der Waals surface area (Å²) in [5.74, 6) is 0.770. The lowest BCUT2D eigenvalue weighted by molar-refractivity contribution is -0.135. The smallest absolute Gasteiger partial charge is 0.226 e. The molecule has 1 aliphatic rings. The Labute approximate surface area is 125 Å². The first-order valence-electron chi connectivity index (χ1n) is 7.23. The van der Waals surface area contributed by atoms with E-state index in [2.05, 4.69) is 30.5 Å². The fraction of sp³-hybridized carbons (Fsp3) is 0.562. The van der Waals surface area contributed by atoms with Crippen LogP contribution in [0.25, 0.3) is 0 Å². The van der Waals surface area contributed by atoms with Crippen molar-refractivity contribution >= 4 is 17.7 Å². The third-order valence-electron chi connectivity index (χ3n) is 4.23. The molecule has 0 bridgehead atoms. The molecule has 2 N–H and O–H groups in total. The van der Waals surface area contributed by atoms with Crippen LogP contribution in [0, 0.1) is 11.8 Å². The minimum atomic E-state index is 0.135. The maximum absolute atomic E-state index is 12.5. The van der Waals surface area contributed by atoms with Crippen LogP contribution in [0.1, 0.15) is 24.8 Å². The summed E-state index contributed by atoms with van der Waals surface area (Å²) in [5.41, 5.74) is 6.96. The summed E-state index contributed by atoms with van der Waals surface area (Å²) in [5, 5.41) is 0. The number of nitrogens with zero attached hydrogens (tertiary/aromatic N) is 1. The van der Waals surface area contributed by atoms with Crippen molar-refractivity contribution in [3.8, 4) is 0 Å². The van der Waals surface area contributed by atoms with Gasteiger partial charge in [0, 0.05) is 24.4 Å². The van der Waals surface area contributed by atoms with Crippen molar-refractivity contribution in [3.05, 3.63) is 29.8 Å². The number of hydrogen-bond donors (Lipinski definition) is 1. The van der Waals surface area contributed by atoms with Crippen molar-refractivity contribution < 1.29 is 4.79 Å². The van der Waals surface area contributed by atoms with Crippen LogP contribution < -0.4 is 5.73 Å². The van der Waals surface area contributed by atoms with E-state index in [9.17, 15) is 4.79 Å². The molecule has 1 aromatic carbocycles. The fourth-order valence-corrected chi connectivity index (χ4v) is 3.42. The summed E-state index contributed by atoms with van der Waals surface area (Å²) in [6.07, 6.45) is 5.30. The number of rotatable bonds is 5. The number of amides is 1. The van der Waals surface area contributed by atoms with Gasteiger partial charge < -0.3 is 10.6 Å². The lowest BCUT2D eigenvalue weighted by atomic mass is 9.95. The molecule has 2 unspecified atom stereocenters. The maximum Gasteiger partial charge on any atom is 0.226 e. The van der Waals surface area contributed by atoms with Gasteiger partial charge in [0.15, 0.2) is 0 Å². The van der Waals surface area contributed by atoms with Gasteiger partial charge in [-0.3, -0.25) is 4.79 Å². The van der Waals surface area contributed by atoms with Crippen LogP contribution in [0.2, 0.25) is 0 Å². The molecule has 20 heavy (non-hydrogen) atoms. The molecule has 0 radical (unpaired) electrons. The Bertz CT molecular complexity index is 446. The van der Waals surface area contributed by atoms with Gasteiger partial charge in [0.2, 0.25) is 5.91 Å². The zero-order valence-electron chi connectivity index (χ0n) is 12.3. The van der Waals surface area contributed by atoms with E-state index in [0.29, 0.717) is 19.0 Å². The Morgan fingerprint density at radius 1 is 1.35 bits per heavy atom. The molecule has 1 amide bonds. The standard InChI is InChI=1S/C16H24N2OS/c1-18(11-12-6-8-14(20-2)9-7-12)16(19)15-5-3-4-13(15)10-17/h6-9,13,15H,3-5,10-11,17H2,1-2H3. The van der Waals surface area contributed by atoms with E-state index in [1.807, 2.05) is 11.9 Å². The summed E-state index contributed by atoms with van der Waals surface area (Å²) in [7, 11) is 1.90. The van der Waals surface area contributed by atoms with Crippen molar-refractivity contribution in [2.75, 3.05) is 19.8 Å². The van der Waals surface area contributed by atoms with Gasteiger partial charge in [-0.2, -0.15) is 0 Å². The van der Waals surface area contributed by atoms with Crippen LogP contribution in [0.4, 0.5) is 0 Å². The average molecular weight is 292 g/mol. The second kappa shape index (κ2) is 7.14. The minimum absolute atomic E-state index is 0.135. The van der Waals surface area contributed by atoms with E-state index in [1.54, 1.807) is 11.8 Å². The van der Waals surface area contributed by atoms with E-state index >= 15 is 0 Å². The molecule has 110 valence electrons. The monoisotopic (exact) mass is 292 g/mol. The second-order valence-corrected chi connectivity index (χ2v) is 6.46. The van der Waals surface area contributed by atoms with E-state index < -0.39 is 0 Å². The highest BCUT2D eigenvalue weighted by atomic mass is 32.2. The topological polar surface area (TPSA) is 46.3 Å². The molecule has 0 spiro atoms. The Kier molecular flexibility index (Phi) is 5.49. The lowest BCUT2D eigenvalue weighted by Gasteiger charge is -2.24.